The van der Waals surface area contributed by atoms with Gasteiger partial charge in [0.2, 0.25) is 17.7 Å². The molecule has 0 aromatic heterocycles. The van der Waals surface area contributed by atoms with Gasteiger partial charge in [0, 0.05) is 91.1 Å². The summed E-state index contributed by atoms with van der Waals surface area (Å²) in [6.07, 6.45) is 1.43. The third-order valence-electron chi connectivity index (χ3n) is 14.4. The Bertz CT molecular complexity index is 1680. The molecule has 3 rings (SSSR count). The van der Waals surface area contributed by atoms with Crippen LogP contribution in [0, 0.1) is 35.5 Å². The fourth-order valence-electron chi connectivity index (χ4n) is 10.3. The summed E-state index contributed by atoms with van der Waals surface area (Å²) in [5.41, 5.74) is 0.938. The monoisotopic (exact) mass is 1000 g/mol. The van der Waals surface area contributed by atoms with Gasteiger partial charge in [-0.15, -0.1) is 0 Å². The number of carbonyl (C=O) groups is 5. The van der Waals surface area contributed by atoms with Crippen LogP contribution in [-0.4, -0.2) is 199 Å². The highest BCUT2D eigenvalue weighted by Crippen LogP contribution is 2.32. The van der Waals surface area contributed by atoms with Gasteiger partial charge in [0.15, 0.2) is 5.78 Å². The van der Waals surface area contributed by atoms with Crippen LogP contribution in [0.3, 0.4) is 0 Å². The second-order valence-electron chi connectivity index (χ2n) is 20.1. The second kappa shape index (κ2) is 34.2. The van der Waals surface area contributed by atoms with E-state index in [2.05, 4.69) is 43.2 Å². The number of likely N-dealkylation sites (tertiary alicyclic amines) is 1. The van der Waals surface area contributed by atoms with Crippen LogP contribution in [0.4, 0.5) is 0 Å². The number of Topliss-reactive ketones (excluding diaryl/α,β-unsaturated/α-hetero) is 2. The van der Waals surface area contributed by atoms with Crippen LogP contribution >= 0.6 is 0 Å². The molecule has 2 heterocycles. The number of ether oxygens (including phenoxy) is 6. The number of amides is 3. The van der Waals surface area contributed by atoms with Crippen LogP contribution in [0.2, 0.25) is 0 Å². The number of benzene rings is 1. The molecule has 0 aliphatic carbocycles. The molecule has 1 aromatic rings. The molecule has 1 aromatic carbocycles. The second-order valence-corrected chi connectivity index (χ2v) is 20.1. The zero-order chi connectivity index (χ0) is 52.3. The Morgan fingerprint density at radius 1 is 0.775 bits per heavy atom. The zero-order valence-electron chi connectivity index (χ0n) is 45.1. The molecular formula is C54H93N5O12. The minimum Gasteiger partial charge on any atom is -0.394 e. The van der Waals surface area contributed by atoms with Gasteiger partial charge in [0.25, 0.3) is 0 Å². The van der Waals surface area contributed by atoms with Crippen molar-refractivity contribution in [3.05, 3.63) is 35.9 Å². The quantitative estimate of drug-likeness (QED) is 0.0809. The van der Waals surface area contributed by atoms with Crippen LogP contribution in [0.25, 0.3) is 0 Å². The van der Waals surface area contributed by atoms with Crippen molar-refractivity contribution < 1.29 is 57.5 Å². The number of rotatable bonds is 37. The standard InChI is InChI=1S/C54H93N5O12/c1-11-40(6)51(57(8)54(65)44(38(2)3)36-47(62)50(39(4)5)58-23-19-55-20-24-58)48(66-9)37-49(63)59-22-15-18-45(59)52(67-10)41(7)46(61)35-43(34-42-16-13-12-14-17-42)53(64)56-21-26-68-28-30-70-32-33-71-31-29-69-27-25-60/h12-14,16-17,38-41,43-45,48,50-52,55,60H,11,15,18-37H2,1-10H3,(H,56,64)/t40-,41-,43+,44-,45-,48+,50-,51-,52+/m0/s1. The van der Waals surface area contributed by atoms with Crippen molar-refractivity contribution in [1.82, 2.24) is 25.3 Å². The van der Waals surface area contributed by atoms with E-state index in [4.69, 9.17) is 33.5 Å². The van der Waals surface area contributed by atoms with Gasteiger partial charge < -0.3 is 54.0 Å². The minimum atomic E-state index is -0.638. The molecule has 3 amide bonds. The van der Waals surface area contributed by atoms with Crippen molar-refractivity contribution in [3.8, 4) is 0 Å². The van der Waals surface area contributed by atoms with Crippen molar-refractivity contribution in [1.29, 1.82) is 0 Å². The molecule has 2 saturated heterocycles. The number of nitrogens with one attached hydrogen (secondary N) is 2. The molecule has 406 valence electrons. The SMILES string of the molecule is CC[C@H](C)[C@@H]([C@@H](CC(=O)N1CCC[C@H]1[C@H](OC)[C@@H](C)C(=O)C[C@@H](Cc1ccccc1)C(=O)NCCOCCOCCOCCOCCO)OC)N(C)C(=O)[C@@H](CC(=O)[C@H](C(C)C)N1CCNCC1)C(C)C. The normalized spacial score (nSPS) is 18.9. The molecule has 2 fully saturated rings. The Morgan fingerprint density at radius 3 is 1.93 bits per heavy atom. The minimum absolute atomic E-state index is 0.00766. The van der Waals surface area contributed by atoms with Crippen LogP contribution in [0.15, 0.2) is 30.3 Å². The average Bonchev–Trinajstić information content (AvgIpc) is 3.85. The number of hydrogen-bond acceptors (Lipinski definition) is 14. The fourth-order valence-corrected chi connectivity index (χ4v) is 10.3. The molecule has 17 heteroatoms. The van der Waals surface area contributed by atoms with E-state index < -0.39 is 36.0 Å². The Hall–Kier alpha value is -3.39. The summed E-state index contributed by atoms with van der Waals surface area (Å²) in [6, 6.07) is 8.55. The van der Waals surface area contributed by atoms with Crippen LogP contribution in [0.5, 0.6) is 0 Å². The first-order valence-corrected chi connectivity index (χ1v) is 26.5. The molecule has 0 radical (unpaired) electrons. The van der Waals surface area contributed by atoms with Gasteiger partial charge >= 0.3 is 0 Å². The van der Waals surface area contributed by atoms with Crippen LogP contribution in [0.1, 0.15) is 92.6 Å². The third kappa shape index (κ3) is 20.4. The van der Waals surface area contributed by atoms with Crippen molar-refractivity contribution in [2.24, 2.45) is 35.5 Å². The van der Waals surface area contributed by atoms with E-state index in [0.717, 1.165) is 44.6 Å². The molecule has 9 atom stereocenters. The molecule has 0 unspecified atom stereocenters. The van der Waals surface area contributed by atoms with Gasteiger partial charge in [-0.25, -0.2) is 0 Å². The lowest BCUT2D eigenvalue weighted by molar-refractivity contribution is -0.149. The fraction of sp³-hybridized carbons (Fsp3) is 0.796. The van der Waals surface area contributed by atoms with Gasteiger partial charge in [-0.1, -0.05) is 85.2 Å². The summed E-state index contributed by atoms with van der Waals surface area (Å²) in [4.78, 5) is 77.0. The van der Waals surface area contributed by atoms with E-state index in [1.54, 1.807) is 26.2 Å². The number of piperazine rings is 1. The van der Waals surface area contributed by atoms with Crippen molar-refractivity contribution >= 4 is 29.3 Å². The topological polar surface area (TPSA) is 195 Å². The highest BCUT2D eigenvalue weighted by atomic mass is 16.6. The maximum atomic E-state index is 14.6. The van der Waals surface area contributed by atoms with Gasteiger partial charge in [-0.3, -0.25) is 28.9 Å². The molecule has 2 aliphatic heterocycles. The molecule has 71 heavy (non-hydrogen) atoms. The van der Waals surface area contributed by atoms with Gasteiger partial charge in [-0.2, -0.15) is 0 Å². The number of carbonyl (C=O) groups excluding carboxylic acids is 5. The molecule has 0 saturated carbocycles. The Labute approximate surface area is 426 Å². The lowest BCUT2D eigenvalue weighted by Crippen LogP contribution is -2.55. The summed E-state index contributed by atoms with van der Waals surface area (Å²) in [7, 11) is 4.94. The smallest absolute Gasteiger partial charge is 0.226 e. The maximum Gasteiger partial charge on any atom is 0.226 e. The number of aliphatic hydroxyl groups is 1. The Balaban J connectivity index is 1.66. The average molecular weight is 1000 g/mol. The summed E-state index contributed by atoms with van der Waals surface area (Å²) in [5.74, 6) is -2.32. The number of ketones is 2. The van der Waals surface area contributed by atoms with Crippen LogP contribution < -0.4 is 10.6 Å². The van der Waals surface area contributed by atoms with Gasteiger partial charge in [0.1, 0.15) is 5.78 Å². The highest BCUT2D eigenvalue weighted by Gasteiger charge is 2.44. The first-order chi connectivity index (χ1) is 34.1. The predicted molar refractivity (Wildman–Crippen MR) is 274 cm³/mol. The van der Waals surface area contributed by atoms with E-state index in [1.165, 1.54) is 0 Å². The Kier molecular flexibility index (Phi) is 29.8. The van der Waals surface area contributed by atoms with E-state index in [0.29, 0.717) is 59.0 Å². The van der Waals surface area contributed by atoms with Crippen LogP contribution in [-0.2, 0) is 58.8 Å². The molecule has 0 spiro atoms. The van der Waals surface area contributed by atoms with Gasteiger partial charge in [0.05, 0.1) is 96.2 Å². The number of hydrogen-bond donors (Lipinski definition) is 3. The molecule has 0 bridgehead atoms. The predicted octanol–water partition coefficient (Wildman–Crippen LogP) is 4.06. The lowest BCUT2D eigenvalue weighted by atomic mass is 9.83. The van der Waals surface area contributed by atoms with E-state index in [1.807, 2.05) is 56.0 Å². The number of methoxy groups -OCH3 is 2. The van der Waals surface area contributed by atoms with Gasteiger partial charge in [-0.05, 0) is 42.6 Å². The Morgan fingerprint density at radius 2 is 1.38 bits per heavy atom. The maximum absolute atomic E-state index is 14.6. The van der Waals surface area contributed by atoms with Crippen molar-refractivity contribution in [3.63, 3.8) is 0 Å². The molecular weight excluding hydrogens is 911 g/mol. The third-order valence-corrected chi connectivity index (χ3v) is 14.4. The van der Waals surface area contributed by atoms with Crippen molar-refractivity contribution in [2.45, 2.75) is 124 Å². The summed E-state index contributed by atoms with van der Waals surface area (Å²) in [5, 5.41) is 15.1. The van der Waals surface area contributed by atoms with Crippen molar-refractivity contribution in [2.75, 3.05) is 120 Å². The lowest BCUT2D eigenvalue weighted by Gasteiger charge is -2.41. The largest absolute Gasteiger partial charge is 0.394 e. The number of likely N-dealkylation sites (N-methyl/N-ethyl adjacent to an activating group) is 1. The summed E-state index contributed by atoms with van der Waals surface area (Å²) < 4.78 is 34.0. The highest BCUT2D eigenvalue weighted by molar-refractivity contribution is 5.90. The van der Waals surface area contributed by atoms with E-state index in [-0.39, 0.29) is 105 Å². The summed E-state index contributed by atoms with van der Waals surface area (Å²) >= 11 is 0. The zero-order valence-corrected chi connectivity index (χ0v) is 45.1. The summed E-state index contributed by atoms with van der Waals surface area (Å²) in [6.45, 7) is 21.0. The number of nitrogens with zero attached hydrogens (tertiary/aromatic N) is 3. The molecule has 2 aliphatic rings. The molecule has 17 nitrogen and oxygen atoms in total. The van der Waals surface area contributed by atoms with E-state index >= 15 is 0 Å². The first kappa shape index (κ1) is 61.9. The molecule has 3 N–H and O–H groups in total. The first-order valence-electron chi connectivity index (χ1n) is 26.5. The number of aliphatic hydroxyl groups excluding tert-OH is 1. The van der Waals surface area contributed by atoms with E-state index in [9.17, 15) is 24.0 Å².